The molecule has 1 unspecified atom stereocenters. The first-order valence-electron chi connectivity index (χ1n) is 30.1. The summed E-state index contributed by atoms with van der Waals surface area (Å²) in [4.78, 5) is 21.1. The van der Waals surface area contributed by atoms with Crippen molar-refractivity contribution in [3.63, 3.8) is 0 Å². The van der Waals surface area contributed by atoms with Gasteiger partial charge in [0.15, 0.2) is 0 Å². The molecule has 6 heteroatoms. The molecule has 0 radical (unpaired) electrons. The standard InChI is InChI=1S/C34H68O3.C26H52O3/c35-33-31-29-27-25-23-21-19-17-15-13-11-9-7-5-3-1-2-4-6-8-10-12-14-16-18-20-22-24-26-28-30-32-34(36)37;1-2-20-25(22-17-18-23-26(28)29)21-16-14-12-10-8-6-4-3-5-7-9-11-13-15-19-24-27/h35H,1-33H2,(H,36,37);25,27H,2-24H2,1H3,(H,28,29). The van der Waals surface area contributed by atoms with E-state index in [-0.39, 0.29) is 0 Å². The molecular formula is C60H120O6. The number of hydrogen-bond acceptors (Lipinski definition) is 4. The van der Waals surface area contributed by atoms with Crippen molar-refractivity contribution in [2.45, 2.75) is 354 Å². The molecule has 66 heavy (non-hydrogen) atoms. The van der Waals surface area contributed by atoms with E-state index < -0.39 is 11.9 Å². The third-order valence-corrected chi connectivity index (χ3v) is 14.3. The van der Waals surface area contributed by atoms with E-state index in [0.717, 1.165) is 44.4 Å². The topological polar surface area (TPSA) is 115 Å². The van der Waals surface area contributed by atoms with Gasteiger partial charge in [-0.3, -0.25) is 9.59 Å². The minimum atomic E-state index is -0.651. The average Bonchev–Trinajstić information content (AvgIpc) is 3.30. The molecule has 0 saturated heterocycles. The molecule has 4 N–H and O–H groups in total. The van der Waals surface area contributed by atoms with Crippen molar-refractivity contribution in [3.8, 4) is 0 Å². The van der Waals surface area contributed by atoms with E-state index in [9.17, 15) is 9.59 Å². The van der Waals surface area contributed by atoms with Crippen LogP contribution in [0.2, 0.25) is 0 Å². The number of hydrogen-bond donors (Lipinski definition) is 4. The van der Waals surface area contributed by atoms with Crippen LogP contribution >= 0.6 is 0 Å². The summed E-state index contributed by atoms with van der Waals surface area (Å²) in [5, 5.41) is 34.9. The Hall–Kier alpha value is -1.14. The van der Waals surface area contributed by atoms with Crippen LogP contribution in [-0.4, -0.2) is 45.6 Å². The minimum Gasteiger partial charge on any atom is -0.481 e. The lowest BCUT2D eigenvalue weighted by molar-refractivity contribution is -0.138. The molecule has 0 aliphatic rings. The predicted octanol–water partition coefficient (Wildman–Crippen LogP) is 19.8. The van der Waals surface area contributed by atoms with Crippen molar-refractivity contribution >= 4 is 11.9 Å². The maximum Gasteiger partial charge on any atom is 0.303 e. The van der Waals surface area contributed by atoms with Gasteiger partial charge in [-0.2, -0.15) is 0 Å². The first-order chi connectivity index (χ1) is 32.5. The van der Waals surface area contributed by atoms with Crippen LogP contribution in [0.25, 0.3) is 0 Å². The molecule has 6 nitrogen and oxygen atoms in total. The molecule has 396 valence electrons. The molecule has 1 atom stereocenters. The fourth-order valence-electron chi connectivity index (χ4n) is 9.91. The summed E-state index contributed by atoms with van der Waals surface area (Å²) in [6, 6.07) is 0. The Labute approximate surface area is 413 Å². The van der Waals surface area contributed by atoms with Crippen molar-refractivity contribution in [1.82, 2.24) is 0 Å². The van der Waals surface area contributed by atoms with Crippen molar-refractivity contribution in [1.29, 1.82) is 0 Å². The summed E-state index contributed by atoms with van der Waals surface area (Å²) in [5.41, 5.74) is 0. The van der Waals surface area contributed by atoms with E-state index in [4.69, 9.17) is 20.4 Å². The molecule has 0 rings (SSSR count). The number of rotatable bonds is 57. The molecule has 0 fully saturated rings. The van der Waals surface area contributed by atoms with Crippen LogP contribution in [0.4, 0.5) is 0 Å². The first-order valence-corrected chi connectivity index (χ1v) is 30.1. The Bertz CT molecular complexity index is 894. The lowest BCUT2D eigenvalue weighted by Gasteiger charge is -2.15. The van der Waals surface area contributed by atoms with Gasteiger partial charge in [-0.05, 0) is 31.6 Å². The predicted molar refractivity (Wildman–Crippen MR) is 288 cm³/mol. The third kappa shape index (κ3) is 64.9. The lowest BCUT2D eigenvalue weighted by atomic mass is 9.91. The number of carboxylic acid groups (broad SMARTS) is 2. The van der Waals surface area contributed by atoms with Crippen LogP contribution in [0.15, 0.2) is 0 Å². The second kappa shape index (κ2) is 61.9. The Morgan fingerprint density at radius 3 is 0.621 bits per heavy atom. The molecule has 0 amide bonds. The van der Waals surface area contributed by atoms with Gasteiger partial charge in [0.05, 0.1) is 0 Å². The molecule has 0 aliphatic heterocycles. The summed E-state index contributed by atoms with van der Waals surface area (Å²) in [6.45, 7) is 2.99. The number of carbonyl (C=O) groups is 2. The fourth-order valence-corrected chi connectivity index (χ4v) is 9.91. The first kappa shape index (κ1) is 66.9. The van der Waals surface area contributed by atoms with E-state index >= 15 is 0 Å². The zero-order chi connectivity index (χ0) is 48.3. The van der Waals surface area contributed by atoms with E-state index in [0.29, 0.717) is 26.1 Å². The largest absolute Gasteiger partial charge is 0.481 e. The highest BCUT2D eigenvalue weighted by atomic mass is 16.4. The van der Waals surface area contributed by atoms with Crippen LogP contribution in [0.3, 0.4) is 0 Å². The molecule has 0 bridgehead atoms. The van der Waals surface area contributed by atoms with Crippen molar-refractivity contribution in [2.24, 2.45) is 5.92 Å². The number of aliphatic hydroxyl groups excluding tert-OH is 2. The second-order valence-electron chi connectivity index (χ2n) is 20.9. The molecule has 0 aromatic carbocycles. The van der Waals surface area contributed by atoms with Gasteiger partial charge in [0.1, 0.15) is 0 Å². The van der Waals surface area contributed by atoms with E-state index in [1.54, 1.807) is 0 Å². The maximum atomic E-state index is 10.6. The van der Waals surface area contributed by atoms with Gasteiger partial charge in [-0.25, -0.2) is 0 Å². The zero-order valence-electron chi connectivity index (χ0n) is 44.8. The van der Waals surface area contributed by atoms with Crippen molar-refractivity contribution in [2.75, 3.05) is 13.2 Å². The van der Waals surface area contributed by atoms with Gasteiger partial charge >= 0.3 is 11.9 Å². The molecule has 0 spiro atoms. The third-order valence-electron chi connectivity index (χ3n) is 14.3. The summed E-state index contributed by atoms with van der Waals surface area (Å²) >= 11 is 0. The van der Waals surface area contributed by atoms with Gasteiger partial charge in [0.2, 0.25) is 0 Å². The molecule has 0 aromatic heterocycles. The number of carboxylic acids is 2. The van der Waals surface area contributed by atoms with Gasteiger partial charge < -0.3 is 20.4 Å². The highest BCUT2D eigenvalue weighted by Crippen LogP contribution is 2.23. The van der Waals surface area contributed by atoms with Crippen LogP contribution in [0.5, 0.6) is 0 Å². The Morgan fingerprint density at radius 2 is 0.424 bits per heavy atom. The Morgan fingerprint density at radius 1 is 0.258 bits per heavy atom. The Kier molecular flexibility index (Phi) is 62.8. The van der Waals surface area contributed by atoms with Crippen LogP contribution in [-0.2, 0) is 9.59 Å². The van der Waals surface area contributed by atoms with Crippen LogP contribution in [0.1, 0.15) is 354 Å². The van der Waals surface area contributed by atoms with Crippen LogP contribution < -0.4 is 0 Å². The Balaban J connectivity index is 0. The van der Waals surface area contributed by atoms with E-state index in [1.165, 1.54) is 295 Å². The number of aliphatic carboxylic acids is 2. The van der Waals surface area contributed by atoms with Crippen LogP contribution in [0, 0.1) is 5.92 Å². The summed E-state index contributed by atoms with van der Waals surface area (Å²) in [7, 11) is 0. The van der Waals surface area contributed by atoms with E-state index in [2.05, 4.69) is 6.92 Å². The zero-order valence-corrected chi connectivity index (χ0v) is 44.8. The molecule has 0 saturated carbocycles. The van der Waals surface area contributed by atoms with Gasteiger partial charge in [0.25, 0.3) is 0 Å². The normalized spacial score (nSPS) is 11.8. The number of aliphatic hydroxyl groups is 2. The quantitative estimate of drug-likeness (QED) is 0.0452. The van der Waals surface area contributed by atoms with E-state index in [1.807, 2.05) is 0 Å². The lowest BCUT2D eigenvalue weighted by Crippen LogP contribution is -2.02. The SMILES string of the molecule is CCCC(CCCCCCCCCCCCCCCCCO)CCCCC(=O)O.O=C(O)CCCCCCCCCCCCCCCCCCCCCCCCCCCCCCCCCO. The summed E-state index contributed by atoms with van der Waals surface area (Å²) in [5.74, 6) is -0.479. The highest BCUT2D eigenvalue weighted by Gasteiger charge is 2.08. The van der Waals surface area contributed by atoms with Crippen molar-refractivity contribution in [3.05, 3.63) is 0 Å². The summed E-state index contributed by atoms with van der Waals surface area (Å²) in [6.07, 6.45) is 70.2. The van der Waals surface area contributed by atoms with Gasteiger partial charge in [-0.1, -0.05) is 315 Å². The van der Waals surface area contributed by atoms with Crippen molar-refractivity contribution < 1.29 is 30.0 Å². The maximum absolute atomic E-state index is 10.6. The smallest absolute Gasteiger partial charge is 0.303 e. The molecule has 0 aromatic rings. The fraction of sp³-hybridized carbons (Fsp3) is 0.967. The average molecular weight is 938 g/mol. The molecular weight excluding hydrogens is 817 g/mol. The number of unbranched alkanes of at least 4 members (excludes halogenated alkanes) is 45. The molecule has 0 aliphatic carbocycles. The second-order valence-corrected chi connectivity index (χ2v) is 20.9. The summed E-state index contributed by atoms with van der Waals surface area (Å²) < 4.78 is 0. The van der Waals surface area contributed by atoms with Gasteiger partial charge in [0, 0.05) is 26.1 Å². The minimum absolute atomic E-state index is 0.338. The van der Waals surface area contributed by atoms with Gasteiger partial charge in [-0.15, -0.1) is 0 Å². The molecule has 0 heterocycles. The highest BCUT2D eigenvalue weighted by molar-refractivity contribution is 5.66. The monoisotopic (exact) mass is 937 g/mol.